The number of nitrogens with zero attached hydrogens (tertiary/aromatic N) is 2. The zero-order valence-corrected chi connectivity index (χ0v) is 21.4. The van der Waals surface area contributed by atoms with Crippen molar-refractivity contribution in [2.75, 3.05) is 65.4 Å². The molecule has 188 valence electrons. The summed E-state index contributed by atoms with van der Waals surface area (Å²) >= 11 is 0. The van der Waals surface area contributed by atoms with Crippen LogP contribution in [0.4, 0.5) is 0 Å². The Hall–Kier alpha value is -0.160. The largest absolute Gasteiger partial charge is 0.317 e. The van der Waals surface area contributed by atoms with Crippen LogP contribution in [0.1, 0.15) is 103 Å². The van der Waals surface area contributed by atoms with Gasteiger partial charge in [-0.1, -0.05) is 64.2 Å². The fourth-order valence-corrected chi connectivity index (χ4v) is 6.32. The van der Waals surface area contributed by atoms with Crippen LogP contribution in [0, 0.1) is 11.8 Å². The van der Waals surface area contributed by atoms with Crippen molar-refractivity contribution in [3.63, 3.8) is 0 Å². The average Bonchev–Trinajstić information content (AvgIpc) is 2.85. The molecule has 4 heteroatoms. The van der Waals surface area contributed by atoms with E-state index in [1.165, 1.54) is 168 Å². The van der Waals surface area contributed by atoms with Gasteiger partial charge in [0, 0.05) is 26.2 Å². The van der Waals surface area contributed by atoms with Gasteiger partial charge in [0.2, 0.25) is 0 Å². The highest BCUT2D eigenvalue weighted by atomic mass is 15.3. The van der Waals surface area contributed by atoms with E-state index < -0.39 is 0 Å². The van der Waals surface area contributed by atoms with Crippen LogP contribution in [0.5, 0.6) is 0 Å². The smallest absolute Gasteiger partial charge is 0.0110 e. The van der Waals surface area contributed by atoms with E-state index in [9.17, 15) is 0 Å². The molecule has 0 radical (unpaired) electrons. The molecule has 3 fully saturated rings. The summed E-state index contributed by atoms with van der Waals surface area (Å²) in [5.74, 6) is 2.09. The number of rotatable bonds is 16. The van der Waals surface area contributed by atoms with Gasteiger partial charge in [-0.05, 0) is 89.6 Å². The van der Waals surface area contributed by atoms with Crippen molar-refractivity contribution < 1.29 is 0 Å². The van der Waals surface area contributed by atoms with E-state index in [0.29, 0.717) is 0 Å². The molecule has 0 bridgehead atoms. The third kappa shape index (κ3) is 11.8. The number of hydrogen-bond acceptors (Lipinski definition) is 4. The third-order valence-corrected chi connectivity index (χ3v) is 8.50. The van der Waals surface area contributed by atoms with E-state index in [1.54, 1.807) is 0 Å². The molecular formula is C28H56N4. The Balaban J connectivity index is 1.05. The molecule has 4 nitrogen and oxygen atoms in total. The highest BCUT2D eigenvalue weighted by Gasteiger charge is 2.16. The maximum absolute atomic E-state index is 3.70. The lowest BCUT2D eigenvalue weighted by molar-refractivity contribution is 0.130. The van der Waals surface area contributed by atoms with E-state index in [2.05, 4.69) is 20.4 Å². The Morgan fingerprint density at radius 2 is 0.844 bits per heavy atom. The van der Waals surface area contributed by atoms with Crippen LogP contribution < -0.4 is 10.6 Å². The van der Waals surface area contributed by atoms with Crippen molar-refractivity contribution in [3.05, 3.63) is 0 Å². The van der Waals surface area contributed by atoms with Crippen LogP contribution in [0.15, 0.2) is 0 Å². The fourth-order valence-electron chi connectivity index (χ4n) is 6.32. The van der Waals surface area contributed by atoms with Gasteiger partial charge >= 0.3 is 0 Å². The van der Waals surface area contributed by atoms with Crippen molar-refractivity contribution in [2.45, 2.75) is 103 Å². The molecule has 0 aromatic rings. The van der Waals surface area contributed by atoms with Gasteiger partial charge in [-0.15, -0.1) is 0 Å². The normalized spacial score (nSPS) is 22.5. The monoisotopic (exact) mass is 448 g/mol. The van der Waals surface area contributed by atoms with Gasteiger partial charge in [0.15, 0.2) is 0 Å². The van der Waals surface area contributed by atoms with Crippen molar-refractivity contribution in [1.29, 1.82) is 0 Å². The second kappa shape index (κ2) is 17.3. The van der Waals surface area contributed by atoms with Gasteiger partial charge in [0.05, 0.1) is 0 Å². The minimum atomic E-state index is 1.05. The Morgan fingerprint density at radius 3 is 1.25 bits per heavy atom. The van der Waals surface area contributed by atoms with Gasteiger partial charge in [-0.25, -0.2) is 0 Å². The Morgan fingerprint density at radius 1 is 0.469 bits per heavy atom. The first kappa shape index (κ1) is 26.4. The molecule has 0 aromatic heterocycles. The molecule has 0 atom stereocenters. The molecule has 2 aliphatic carbocycles. The quantitative estimate of drug-likeness (QED) is 0.314. The van der Waals surface area contributed by atoms with E-state index >= 15 is 0 Å². The molecule has 32 heavy (non-hydrogen) atoms. The van der Waals surface area contributed by atoms with Crippen molar-refractivity contribution in [3.8, 4) is 0 Å². The van der Waals surface area contributed by atoms with Crippen molar-refractivity contribution in [2.24, 2.45) is 11.8 Å². The summed E-state index contributed by atoms with van der Waals surface area (Å²) in [5.41, 5.74) is 0. The fraction of sp³-hybridized carbons (Fsp3) is 1.00. The highest BCUT2D eigenvalue weighted by molar-refractivity contribution is 4.73. The lowest BCUT2D eigenvalue weighted by atomic mass is 9.86. The average molecular weight is 449 g/mol. The highest BCUT2D eigenvalue weighted by Crippen LogP contribution is 2.27. The molecule has 3 rings (SSSR count). The van der Waals surface area contributed by atoms with E-state index in [0.717, 1.165) is 11.8 Å². The maximum atomic E-state index is 3.70. The van der Waals surface area contributed by atoms with Crippen LogP contribution in [-0.4, -0.2) is 75.2 Å². The minimum absolute atomic E-state index is 1.05. The van der Waals surface area contributed by atoms with Gasteiger partial charge < -0.3 is 20.4 Å². The summed E-state index contributed by atoms with van der Waals surface area (Å²) in [6.45, 7) is 12.5. The van der Waals surface area contributed by atoms with Crippen LogP contribution in [0.2, 0.25) is 0 Å². The second-order valence-electron chi connectivity index (χ2n) is 11.2. The predicted molar refractivity (Wildman–Crippen MR) is 139 cm³/mol. The van der Waals surface area contributed by atoms with Gasteiger partial charge in [0.1, 0.15) is 0 Å². The number of hydrogen-bond donors (Lipinski definition) is 2. The molecule has 1 heterocycles. The summed E-state index contributed by atoms with van der Waals surface area (Å²) in [6.07, 6.45) is 23.3. The summed E-state index contributed by atoms with van der Waals surface area (Å²) in [6, 6.07) is 0. The molecule has 0 spiro atoms. The van der Waals surface area contributed by atoms with E-state index in [4.69, 9.17) is 0 Å². The molecule has 0 unspecified atom stereocenters. The maximum Gasteiger partial charge on any atom is 0.0110 e. The van der Waals surface area contributed by atoms with Crippen LogP contribution in [0.3, 0.4) is 0 Å². The lowest BCUT2D eigenvalue weighted by Gasteiger charge is -2.34. The van der Waals surface area contributed by atoms with Gasteiger partial charge in [-0.3, -0.25) is 0 Å². The molecule has 2 saturated carbocycles. The zero-order chi connectivity index (χ0) is 22.1. The predicted octanol–water partition coefficient (Wildman–Crippen LogP) is 5.28. The van der Waals surface area contributed by atoms with E-state index in [-0.39, 0.29) is 0 Å². The Bertz CT molecular complexity index is 383. The first-order valence-corrected chi connectivity index (χ1v) is 14.8. The second-order valence-corrected chi connectivity index (χ2v) is 11.2. The summed E-state index contributed by atoms with van der Waals surface area (Å²) in [7, 11) is 0. The molecule has 0 amide bonds. The molecule has 1 saturated heterocycles. The Kier molecular flexibility index (Phi) is 14.3. The van der Waals surface area contributed by atoms with Crippen LogP contribution >= 0.6 is 0 Å². The summed E-state index contributed by atoms with van der Waals surface area (Å²) in [4.78, 5) is 5.37. The van der Waals surface area contributed by atoms with E-state index in [1.807, 2.05) is 0 Å². The van der Waals surface area contributed by atoms with Gasteiger partial charge in [0.25, 0.3) is 0 Å². The first-order valence-electron chi connectivity index (χ1n) is 14.8. The van der Waals surface area contributed by atoms with Gasteiger partial charge in [-0.2, -0.15) is 0 Å². The molecule has 2 N–H and O–H groups in total. The lowest BCUT2D eigenvalue weighted by Crippen LogP contribution is -2.47. The number of nitrogens with one attached hydrogen (secondary N) is 2. The SMILES string of the molecule is C1CCC(CCCNCCCN2CCN(CCCNCCCC3CCCCC3)CC2)CC1. The Labute approximate surface area is 200 Å². The van der Waals surface area contributed by atoms with Crippen LogP contribution in [0.25, 0.3) is 0 Å². The third-order valence-electron chi connectivity index (χ3n) is 8.50. The number of piperazine rings is 1. The molecular weight excluding hydrogens is 392 g/mol. The minimum Gasteiger partial charge on any atom is -0.317 e. The van der Waals surface area contributed by atoms with Crippen molar-refractivity contribution in [1.82, 2.24) is 20.4 Å². The molecule has 3 aliphatic rings. The summed E-state index contributed by atoms with van der Waals surface area (Å²) in [5, 5.41) is 7.39. The van der Waals surface area contributed by atoms with Crippen LogP contribution in [-0.2, 0) is 0 Å². The summed E-state index contributed by atoms with van der Waals surface area (Å²) < 4.78 is 0. The first-order chi connectivity index (χ1) is 15.9. The molecule has 1 aliphatic heterocycles. The van der Waals surface area contributed by atoms with Crippen molar-refractivity contribution >= 4 is 0 Å². The topological polar surface area (TPSA) is 30.5 Å². The zero-order valence-electron chi connectivity index (χ0n) is 21.4. The standard InChI is InChI=1S/C28H56N4/c1-3-11-27(12-4-1)15-7-17-29-19-9-21-31-23-25-32(26-24-31)22-10-20-30-18-8-16-28-13-5-2-6-14-28/h27-30H,1-26H2. The molecule has 0 aromatic carbocycles.